The van der Waals surface area contributed by atoms with Crippen molar-refractivity contribution >= 4 is 17.2 Å². The maximum Gasteiger partial charge on any atom is 0.137 e. The Morgan fingerprint density at radius 1 is 1.45 bits per heavy atom. The lowest BCUT2D eigenvalue weighted by Crippen LogP contribution is -2.43. The molecule has 0 amide bonds. The molecule has 20 heavy (non-hydrogen) atoms. The lowest BCUT2D eigenvalue weighted by atomic mass is 9.91. The second-order valence-electron chi connectivity index (χ2n) is 5.48. The number of aliphatic hydroxyl groups is 1. The van der Waals surface area contributed by atoms with Gasteiger partial charge >= 0.3 is 0 Å². The van der Waals surface area contributed by atoms with E-state index in [1.165, 1.54) is 0 Å². The standard InChI is InChI=1S/C15H21FN2OS/c1-18(12-7-2-3-8-13(12)19)9-10-5-4-6-11(14(10)16)15(17)20/h4-6,12-13,19H,2-3,7-9H2,1H3,(H2,17,20). The van der Waals surface area contributed by atoms with Crippen LogP contribution in [0.5, 0.6) is 0 Å². The van der Waals surface area contributed by atoms with Crippen molar-refractivity contribution < 1.29 is 9.50 Å². The van der Waals surface area contributed by atoms with E-state index in [0.29, 0.717) is 12.1 Å². The summed E-state index contributed by atoms with van der Waals surface area (Å²) >= 11 is 4.85. The van der Waals surface area contributed by atoms with Gasteiger partial charge in [-0.2, -0.15) is 0 Å². The summed E-state index contributed by atoms with van der Waals surface area (Å²) in [6.45, 7) is 0.448. The smallest absolute Gasteiger partial charge is 0.137 e. The minimum Gasteiger partial charge on any atom is -0.391 e. The second-order valence-corrected chi connectivity index (χ2v) is 5.92. The number of nitrogens with two attached hydrogens (primary N) is 1. The average Bonchev–Trinajstić information content (AvgIpc) is 2.41. The average molecular weight is 296 g/mol. The van der Waals surface area contributed by atoms with Crippen molar-refractivity contribution in [2.45, 2.75) is 44.4 Å². The van der Waals surface area contributed by atoms with E-state index in [2.05, 4.69) is 0 Å². The maximum atomic E-state index is 14.3. The molecule has 1 fully saturated rings. The largest absolute Gasteiger partial charge is 0.391 e. The van der Waals surface area contributed by atoms with Crippen LogP contribution in [0.3, 0.4) is 0 Å². The number of nitrogens with zero attached hydrogens (tertiary/aromatic N) is 1. The van der Waals surface area contributed by atoms with Crippen LogP contribution in [0, 0.1) is 5.82 Å². The molecule has 0 bridgehead atoms. The number of hydrogen-bond acceptors (Lipinski definition) is 3. The fourth-order valence-electron chi connectivity index (χ4n) is 2.88. The van der Waals surface area contributed by atoms with Crippen molar-refractivity contribution in [2.24, 2.45) is 5.73 Å². The molecule has 1 aromatic rings. The number of hydrogen-bond donors (Lipinski definition) is 2. The minimum atomic E-state index is -0.350. The van der Waals surface area contributed by atoms with Crippen LogP contribution in [-0.4, -0.2) is 34.2 Å². The van der Waals surface area contributed by atoms with Crippen LogP contribution >= 0.6 is 12.2 Å². The number of rotatable bonds is 4. The van der Waals surface area contributed by atoms with E-state index < -0.39 is 0 Å². The molecule has 3 nitrogen and oxygen atoms in total. The lowest BCUT2D eigenvalue weighted by molar-refractivity contribution is 0.0284. The fraction of sp³-hybridized carbons (Fsp3) is 0.533. The zero-order valence-electron chi connectivity index (χ0n) is 11.7. The molecule has 0 aromatic heterocycles. The molecule has 0 aliphatic heterocycles. The molecule has 0 spiro atoms. The highest BCUT2D eigenvalue weighted by Gasteiger charge is 2.27. The van der Waals surface area contributed by atoms with Gasteiger partial charge < -0.3 is 10.8 Å². The molecule has 0 heterocycles. The molecule has 2 unspecified atom stereocenters. The Kier molecular flexibility index (Phi) is 5.07. The molecule has 2 rings (SSSR count). The summed E-state index contributed by atoms with van der Waals surface area (Å²) in [4.78, 5) is 2.09. The molecule has 1 aliphatic rings. The lowest BCUT2D eigenvalue weighted by Gasteiger charge is -2.35. The first-order valence-corrected chi connectivity index (χ1v) is 7.37. The first kappa shape index (κ1) is 15.4. The first-order chi connectivity index (χ1) is 9.50. The number of benzene rings is 1. The molecule has 110 valence electrons. The van der Waals surface area contributed by atoms with Crippen molar-refractivity contribution in [1.29, 1.82) is 0 Å². The van der Waals surface area contributed by atoms with Gasteiger partial charge in [0.25, 0.3) is 0 Å². The van der Waals surface area contributed by atoms with Crippen molar-refractivity contribution in [1.82, 2.24) is 4.90 Å². The highest BCUT2D eigenvalue weighted by atomic mass is 32.1. The molecule has 1 aromatic carbocycles. The maximum absolute atomic E-state index is 14.3. The van der Waals surface area contributed by atoms with Gasteiger partial charge in [0, 0.05) is 23.7 Å². The third-order valence-corrected chi connectivity index (χ3v) is 4.24. The Labute approximate surface area is 124 Å². The van der Waals surface area contributed by atoms with Gasteiger partial charge in [0.1, 0.15) is 10.8 Å². The van der Waals surface area contributed by atoms with Crippen molar-refractivity contribution in [3.63, 3.8) is 0 Å². The zero-order valence-corrected chi connectivity index (χ0v) is 12.5. The van der Waals surface area contributed by atoms with E-state index >= 15 is 0 Å². The SMILES string of the molecule is CN(Cc1cccc(C(N)=S)c1F)C1CCCCC1O. The fourth-order valence-corrected chi connectivity index (χ4v) is 3.04. The number of aliphatic hydroxyl groups excluding tert-OH is 1. The Hall–Kier alpha value is -1.04. The van der Waals surface area contributed by atoms with Gasteiger partial charge in [-0.05, 0) is 26.0 Å². The summed E-state index contributed by atoms with van der Waals surface area (Å²) in [7, 11) is 1.92. The topological polar surface area (TPSA) is 49.5 Å². The van der Waals surface area contributed by atoms with Gasteiger partial charge in [0.15, 0.2) is 0 Å². The molecule has 5 heteroatoms. The van der Waals surface area contributed by atoms with E-state index in [4.69, 9.17) is 18.0 Å². The van der Waals surface area contributed by atoms with Gasteiger partial charge in [-0.15, -0.1) is 0 Å². The zero-order chi connectivity index (χ0) is 14.7. The summed E-state index contributed by atoms with van der Waals surface area (Å²) in [5, 5.41) is 10.1. The Morgan fingerprint density at radius 3 is 2.80 bits per heavy atom. The second kappa shape index (κ2) is 6.61. The summed E-state index contributed by atoms with van der Waals surface area (Å²) in [5.41, 5.74) is 6.37. The van der Waals surface area contributed by atoms with E-state index in [1.807, 2.05) is 11.9 Å². The third-order valence-electron chi connectivity index (χ3n) is 4.02. The van der Waals surface area contributed by atoms with Crippen LogP contribution in [0.15, 0.2) is 18.2 Å². The van der Waals surface area contributed by atoms with E-state index in [0.717, 1.165) is 25.7 Å². The Balaban J connectivity index is 2.13. The van der Waals surface area contributed by atoms with Gasteiger partial charge in [-0.3, -0.25) is 4.90 Å². The molecule has 3 N–H and O–H groups in total. The first-order valence-electron chi connectivity index (χ1n) is 6.96. The third kappa shape index (κ3) is 3.34. The van der Waals surface area contributed by atoms with Crippen LogP contribution in [-0.2, 0) is 6.54 Å². The van der Waals surface area contributed by atoms with Crippen molar-refractivity contribution in [3.8, 4) is 0 Å². The van der Waals surface area contributed by atoms with Crippen LogP contribution in [0.25, 0.3) is 0 Å². The predicted octanol–water partition coefficient (Wildman–Crippen LogP) is 2.20. The molecule has 0 radical (unpaired) electrons. The van der Waals surface area contributed by atoms with Gasteiger partial charge in [0.05, 0.1) is 6.10 Å². The Bertz CT molecular complexity index is 495. The van der Waals surface area contributed by atoms with Crippen LogP contribution in [0.1, 0.15) is 36.8 Å². The van der Waals surface area contributed by atoms with Crippen molar-refractivity contribution in [2.75, 3.05) is 7.05 Å². The highest BCUT2D eigenvalue weighted by Crippen LogP contribution is 2.24. The summed E-state index contributed by atoms with van der Waals surface area (Å²) < 4.78 is 14.3. The molecule has 1 saturated carbocycles. The predicted molar refractivity (Wildman–Crippen MR) is 82.0 cm³/mol. The number of thiocarbonyl (C=S) groups is 1. The molecular formula is C15H21FN2OS. The Morgan fingerprint density at radius 2 is 2.15 bits per heavy atom. The molecule has 0 saturated heterocycles. The molecule has 2 atom stereocenters. The van der Waals surface area contributed by atoms with E-state index in [-0.39, 0.29) is 28.5 Å². The summed E-state index contributed by atoms with van der Waals surface area (Å²) in [5.74, 6) is -0.350. The van der Waals surface area contributed by atoms with Crippen LogP contribution < -0.4 is 5.73 Å². The van der Waals surface area contributed by atoms with Gasteiger partial charge in [-0.25, -0.2) is 4.39 Å². The summed E-state index contributed by atoms with van der Waals surface area (Å²) in [6.07, 6.45) is 3.63. The highest BCUT2D eigenvalue weighted by molar-refractivity contribution is 7.80. The van der Waals surface area contributed by atoms with Gasteiger partial charge in [0.2, 0.25) is 0 Å². The monoisotopic (exact) mass is 296 g/mol. The summed E-state index contributed by atoms with van der Waals surface area (Å²) in [6, 6.07) is 5.19. The van der Waals surface area contributed by atoms with Gasteiger partial charge in [-0.1, -0.05) is 37.2 Å². The number of halogens is 1. The molecular weight excluding hydrogens is 275 g/mol. The van der Waals surface area contributed by atoms with E-state index in [9.17, 15) is 9.50 Å². The van der Waals surface area contributed by atoms with Crippen molar-refractivity contribution in [3.05, 3.63) is 35.1 Å². The van der Waals surface area contributed by atoms with E-state index in [1.54, 1.807) is 18.2 Å². The quantitative estimate of drug-likeness (QED) is 0.836. The minimum absolute atomic E-state index is 0.0738. The van der Waals surface area contributed by atoms with Crippen LogP contribution in [0.2, 0.25) is 0 Å². The normalized spacial score (nSPS) is 23.0. The molecule has 1 aliphatic carbocycles. The number of likely N-dealkylation sites (N-methyl/N-ethyl adjacent to an activating group) is 1. The van der Waals surface area contributed by atoms with Crippen LogP contribution in [0.4, 0.5) is 4.39 Å².